The van der Waals surface area contributed by atoms with Gasteiger partial charge in [-0.25, -0.2) is 4.98 Å². The SMILES string of the molecule is CC(O)(CC(=O)OC(C)(C)C)CC(O)CSc1nc(-c2ccc(Cl)cc2)c(-c2ccc(Cl)cc2)[nH]1. The lowest BCUT2D eigenvalue weighted by atomic mass is 9.95. The summed E-state index contributed by atoms with van der Waals surface area (Å²) in [7, 11) is 0. The minimum Gasteiger partial charge on any atom is -0.460 e. The van der Waals surface area contributed by atoms with Gasteiger partial charge in [-0.1, -0.05) is 59.2 Å². The number of imidazole rings is 1. The molecule has 0 fully saturated rings. The molecule has 0 spiro atoms. The number of halogens is 2. The summed E-state index contributed by atoms with van der Waals surface area (Å²) < 4.78 is 5.28. The van der Waals surface area contributed by atoms with Crippen molar-refractivity contribution in [3.8, 4) is 22.5 Å². The van der Waals surface area contributed by atoms with Crippen molar-refractivity contribution < 1.29 is 19.7 Å². The minimum absolute atomic E-state index is 0.0219. The number of esters is 1. The third-order valence-corrected chi connectivity index (χ3v) is 6.49. The molecule has 1 aromatic heterocycles. The van der Waals surface area contributed by atoms with Crippen molar-refractivity contribution in [3.63, 3.8) is 0 Å². The Kier molecular flexibility index (Phi) is 8.94. The highest BCUT2D eigenvalue weighted by atomic mass is 35.5. The molecule has 35 heavy (non-hydrogen) atoms. The molecule has 0 aliphatic rings. The molecule has 1 heterocycles. The molecule has 6 nitrogen and oxygen atoms in total. The highest BCUT2D eigenvalue weighted by molar-refractivity contribution is 7.99. The number of aromatic amines is 1. The number of aromatic nitrogens is 2. The molecule has 2 aromatic carbocycles. The largest absolute Gasteiger partial charge is 0.460 e. The van der Waals surface area contributed by atoms with E-state index in [2.05, 4.69) is 4.98 Å². The predicted molar refractivity (Wildman–Crippen MR) is 142 cm³/mol. The van der Waals surface area contributed by atoms with Gasteiger partial charge in [0.15, 0.2) is 5.16 Å². The van der Waals surface area contributed by atoms with Crippen LogP contribution in [0.5, 0.6) is 0 Å². The first-order valence-corrected chi connectivity index (χ1v) is 12.9. The van der Waals surface area contributed by atoms with Crippen molar-refractivity contribution >= 4 is 40.9 Å². The van der Waals surface area contributed by atoms with Gasteiger partial charge < -0.3 is 19.9 Å². The first kappa shape index (κ1) is 27.6. The minimum atomic E-state index is -1.39. The van der Waals surface area contributed by atoms with Gasteiger partial charge in [-0.15, -0.1) is 0 Å². The molecule has 0 amide bonds. The van der Waals surface area contributed by atoms with E-state index in [-0.39, 0.29) is 18.6 Å². The van der Waals surface area contributed by atoms with Crippen LogP contribution in [0.4, 0.5) is 0 Å². The summed E-state index contributed by atoms with van der Waals surface area (Å²) in [4.78, 5) is 20.2. The Morgan fingerprint density at radius 2 is 1.57 bits per heavy atom. The quantitative estimate of drug-likeness (QED) is 0.217. The van der Waals surface area contributed by atoms with Crippen molar-refractivity contribution in [2.24, 2.45) is 0 Å². The molecular weight excluding hydrogens is 507 g/mol. The number of aliphatic hydroxyl groups excluding tert-OH is 1. The van der Waals surface area contributed by atoms with Gasteiger partial charge in [0.25, 0.3) is 0 Å². The Balaban J connectivity index is 1.72. The maximum atomic E-state index is 12.1. The molecule has 2 unspecified atom stereocenters. The van der Waals surface area contributed by atoms with Gasteiger partial charge >= 0.3 is 5.97 Å². The van der Waals surface area contributed by atoms with Crippen molar-refractivity contribution in [1.82, 2.24) is 9.97 Å². The number of hydrogen-bond acceptors (Lipinski definition) is 6. The second-order valence-corrected chi connectivity index (χ2v) is 11.6. The van der Waals surface area contributed by atoms with Gasteiger partial charge in [-0.05, 0) is 52.0 Å². The van der Waals surface area contributed by atoms with E-state index in [1.54, 1.807) is 32.9 Å². The van der Waals surface area contributed by atoms with Crippen LogP contribution in [-0.2, 0) is 9.53 Å². The van der Waals surface area contributed by atoms with E-state index >= 15 is 0 Å². The molecule has 0 aliphatic carbocycles. The molecule has 0 aliphatic heterocycles. The van der Waals surface area contributed by atoms with E-state index in [1.807, 2.05) is 36.4 Å². The molecule has 3 aromatic rings. The second-order valence-electron chi connectivity index (χ2n) is 9.71. The van der Waals surface area contributed by atoms with Gasteiger partial charge in [0, 0.05) is 33.3 Å². The number of carbonyl (C=O) groups is 1. The van der Waals surface area contributed by atoms with Gasteiger partial charge in [-0.2, -0.15) is 0 Å². The first-order valence-electron chi connectivity index (χ1n) is 11.2. The van der Waals surface area contributed by atoms with Crippen LogP contribution in [0.1, 0.15) is 40.5 Å². The zero-order valence-corrected chi connectivity index (χ0v) is 22.5. The fourth-order valence-electron chi connectivity index (χ4n) is 3.56. The Morgan fingerprint density at radius 1 is 1.03 bits per heavy atom. The number of H-pyrrole nitrogens is 1. The lowest BCUT2D eigenvalue weighted by Gasteiger charge is -2.27. The lowest BCUT2D eigenvalue weighted by Crippen LogP contribution is -2.36. The topological polar surface area (TPSA) is 95.4 Å². The van der Waals surface area contributed by atoms with E-state index in [0.29, 0.717) is 15.2 Å². The van der Waals surface area contributed by atoms with Crippen LogP contribution in [0, 0.1) is 0 Å². The Bertz CT molecular complexity index is 1080. The highest BCUT2D eigenvalue weighted by Gasteiger charge is 2.30. The molecule has 0 bridgehead atoms. The van der Waals surface area contributed by atoms with Crippen molar-refractivity contribution in [1.29, 1.82) is 0 Å². The number of hydrogen-bond donors (Lipinski definition) is 3. The average molecular weight is 538 g/mol. The Labute approximate surface area is 220 Å². The Morgan fingerprint density at radius 3 is 2.11 bits per heavy atom. The smallest absolute Gasteiger partial charge is 0.309 e. The lowest BCUT2D eigenvalue weighted by molar-refractivity contribution is -0.160. The van der Waals surface area contributed by atoms with Crippen LogP contribution in [0.2, 0.25) is 10.0 Å². The number of carbonyl (C=O) groups excluding carboxylic acids is 1. The van der Waals surface area contributed by atoms with Crippen molar-refractivity contribution in [2.75, 3.05) is 5.75 Å². The molecule has 0 radical (unpaired) electrons. The number of nitrogens with zero attached hydrogens (tertiary/aromatic N) is 1. The number of benzene rings is 2. The maximum absolute atomic E-state index is 12.1. The highest BCUT2D eigenvalue weighted by Crippen LogP contribution is 2.34. The summed E-state index contributed by atoms with van der Waals surface area (Å²) in [6.07, 6.45) is -1.04. The van der Waals surface area contributed by atoms with Crippen LogP contribution in [0.25, 0.3) is 22.5 Å². The number of ether oxygens (including phenoxy) is 1. The van der Waals surface area contributed by atoms with Crippen molar-refractivity contribution in [3.05, 3.63) is 58.6 Å². The van der Waals surface area contributed by atoms with Crippen LogP contribution in [-0.4, -0.2) is 49.2 Å². The third kappa shape index (κ3) is 8.54. The fourth-order valence-corrected chi connectivity index (χ4v) is 4.61. The summed E-state index contributed by atoms with van der Waals surface area (Å²) in [5.41, 5.74) is 1.34. The summed E-state index contributed by atoms with van der Waals surface area (Å²) in [6.45, 7) is 6.83. The van der Waals surface area contributed by atoms with E-state index in [0.717, 1.165) is 22.5 Å². The van der Waals surface area contributed by atoms with E-state index in [9.17, 15) is 15.0 Å². The summed E-state index contributed by atoms with van der Waals surface area (Å²) in [6, 6.07) is 14.9. The number of aliphatic hydroxyl groups is 2. The van der Waals surface area contributed by atoms with Crippen LogP contribution >= 0.6 is 35.0 Å². The molecule has 9 heteroatoms. The van der Waals surface area contributed by atoms with Crippen LogP contribution < -0.4 is 0 Å². The zero-order chi connectivity index (χ0) is 25.8. The van der Waals surface area contributed by atoms with Gasteiger partial charge in [0.05, 0.1) is 29.5 Å². The number of rotatable bonds is 9. The van der Waals surface area contributed by atoms with Crippen LogP contribution in [0.15, 0.2) is 53.7 Å². The first-order chi connectivity index (χ1) is 16.3. The molecule has 3 N–H and O–H groups in total. The molecule has 0 saturated heterocycles. The predicted octanol–water partition coefficient (Wildman–Crippen LogP) is 6.38. The van der Waals surface area contributed by atoms with Gasteiger partial charge in [-0.3, -0.25) is 4.79 Å². The summed E-state index contributed by atoms with van der Waals surface area (Å²) in [5, 5.41) is 23.1. The van der Waals surface area contributed by atoms with Gasteiger partial charge in [0.1, 0.15) is 5.60 Å². The van der Waals surface area contributed by atoms with Crippen molar-refractivity contribution in [2.45, 2.75) is 63.0 Å². The molecule has 0 saturated carbocycles. The van der Waals surface area contributed by atoms with E-state index < -0.39 is 23.3 Å². The van der Waals surface area contributed by atoms with E-state index in [4.69, 9.17) is 32.9 Å². The van der Waals surface area contributed by atoms with E-state index in [1.165, 1.54) is 18.7 Å². The number of thioether (sulfide) groups is 1. The van der Waals surface area contributed by atoms with Crippen LogP contribution in [0.3, 0.4) is 0 Å². The second kappa shape index (κ2) is 11.4. The monoisotopic (exact) mass is 536 g/mol. The zero-order valence-electron chi connectivity index (χ0n) is 20.1. The average Bonchev–Trinajstić information content (AvgIpc) is 3.15. The molecule has 3 rings (SSSR count). The third-order valence-electron chi connectivity index (χ3n) is 4.97. The molecule has 2 atom stereocenters. The summed E-state index contributed by atoms with van der Waals surface area (Å²) >= 11 is 13.4. The summed E-state index contributed by atoms with van der Waals surface area (Å²) in [5.74, 6) is -0.230. The van der Waals surface area contributed by atoms with Gasteiger partial charge in [0.2, 0.25) is 0 Å². The molecular formula is C26H30Cl2N2O4S. The molecule has 188 valence electrons. The fraction of sp³-hybridized carbons (Fsp3) is 0.385. The normalized spacial score (nSPS) is 14.4. The number of nitrogens with one attached hydrogen (secondary N) is 1. The Hall–Kier alpha value is -2.03. The maximum Gasteiger partial charge on any atom is 0.309 e. The standard InChI is InChI=1S/C26H30Cl2N2O4S/c1-25(2,3)34-21(32)14-26(4,33)13-20(31)15-35-24-29-22(16-5-9-18(27)10-6-16)23(30-24)17-7-11-19(28)12-8-17/h5-12,20,31,33H,13-15H2,1-4H3,(H,29,30).